The number of rotatable bonds is 9. The highest BCUT2D eigenvalue weighted by Gasteiger charge is 2.41. The number of pyridine rings is 1. The van der Waals surface area contributed by atoms with E-state index in [1.54, 1.807) is 36.4 Å². The van der Waals surface area contributed by atoms with Crippen molar-refractivity contribution < 1.29 is 23.8 Å². The molecule has 2 aromatic carbocycles. The topological polar surface area (TPSA) is 117 Å². The highest BCUT2D eigenvalue weighted by molar-refractivity contribution is 5.92. The number of benzene rings is 2. The van der Waals surface area contributed by atoms with Gasteiger partial charge >= 0.3 is 5.97 Å². The minimum absolute atomic E-state index is 0.0217. The first kappa shape index (κ1) is 27.3. The van der Waals surface area contributed by atoms with Crippen molar-refractivity contribution in [2.45, 2.75) is 57.1 Å². The molecule has 4 aromatic rings. The highest BCUT2D eigenvalue weighted by Crippen LogP contribution is 2.34. The van der Waals surface area contributed by atoms with E-state index in [9.17, 15) is 14.3 Å². The number of piperazine rings is 1. The number of carbonyl (C=O) groups is 1. The quantitative estimate of drug-likeness (QED) is 0.307. The molecule has 0 radical (unpaired) electrons. The zero-order valence-corrected chi connectivity index (χ0v) is 23.5. The van der Waals surface area contributed by atoms with Crippen molar-refractivity contribution in [3.05, 3.63) is 82.9 Å². The summed E-state index contributed by atoms with van der Waals surface area (Å²) in [5.41, 5.74) is 2.52. The third-order valence-electron chi connectivity index (χ3n) is 8.80. The minimum atomic E-state index is -0.949. The Balaban J connectivity index is 1.06. The van der Waals surface area contributed by atoms with Gasteiger partial charge in [0.05, 0.1) is 47.4 Å². The van der Waals surface area contributed by atoms with Crippen molar-refractivity contribution in [1.29, 1.82) is 5.26 Å². The predicted octanol–water partition coefficient (Wildman–Crippen LogP) is 4.36. The molecule has 3 atom stereocenters. The van der Waals surface area contributed by atoms with Crippen molar-refractivity contribution in [2.24, 2.45) is 0 Å². The van der Waals surface area contributed by atoms with E-state index in [1.807, 2.05) is 18.2 Å². The van der Waals surface area contributed by atoms with Gasteiger partial charge in [-0.2, -0.15) is 10.2 Å². The van der Waals surface area contributed by atoms with Crippen LogP contribution in [0.25, 0.3) is 11.0 Å². The molecule has 3 saturated heterocycles. The normalized spacial score (nSPS) is 21.5. The Morgan fingerprint density at radius 1 is 1.09 bits per heavy atom. The number of carboxylic acids is 1. The average Bonchev–Trinajstić information content (AvgIpc) is 3.44. The fourth-order valence-corrected chi connectivity index (χ4v) is 6.41. The van der Waals surface area contributed by atoms with Crippen LogP contribution in [0.2, 0.25) is 0 Å². The smallest absolute Gasteiger partial charge is 0.335 e. The Hall–Kier alpha value is -4.53. The molecule has 43 heavy (non-hydrogen) atoms. The lowest BCUT2D eigenvalue weighted by Crippen LogP contribution is -2.53. The monoisotopic (exact) mass is 582 g/mol. The molecule has 220 valence electrons. The van der Waals surface area contributed by atoms with Crippen molar-refractivity contribution in [2.75, 3.05) is 24.6 Å². The fourth-order valence-electron chi connectivity index (χ4n) is 6.41. The maximum absolute atomic E-state index is 14.3. The lowest BCUT2D eigenvalue weighted by molar-refractivity contribution is -0.0592. The number of fused-ring (bicyclic) bond motifs is 3. The van der Waals surface area contributed by atoms with E-state index in [0.717, 1.165) is 61.6 Å². The molecule has 0 amide bonds. The Morgan fingerprint density at radius 2 is 1.91 bits per heavy atom. The van der Waals surface area contributed by atoms with Crippen LogP contribution < -0.4 is 9.64 Å². The molecule has 0 saturated carbocycles. The van der Waals surface area contributed by atoms with Crippen LogP contribution in [0.1, 0.15) is 46.6 Å². The van der Waals surface area contributed by atoms with E-state index >= 15 is 0 Å². The second-order valence-electron chi connectivity index (χ2n) is 11.4. The maximum atomic E-state index is 14.3. The molecule has 11 heteroatoms. The molecule has 1 N–H and O–H groups in total. The fraction of sp³-hybridized carbons (Fsp3) is 0.375. The van der Waals surface area contributed by atoms with E-state index in [4.69, 9.17) is 24.7 Å². The van der Waals surface area contributed by atoms with Crippen molar-refractivity contribution in [3.8, 4) is 11.9 Å². The Labute approximate surface area is 247 Å². The van der Waals surface area contributed by atoms with E-state index in [2.05, 4.69) is 14.4 Å². The summed E-state index contributed by atoms with van der Waals surface area (Å²) in [5, 5.41) is 18.5. The van der Waals surface area contributed by atoms with Gasteiger partial charge in [-0.25, -0.2) is 14.2 Å². The summed E-state index contributed by atoms with van der Waals surface area (Å²) in [5.74, 6) is 0.754. The minimum Gasteiger partial charge on any atom is -0.478 e. The van der Waals surface area contributed by atoms with Gasteiger partial charge in [-0.1, -0.05) is 12.1 Å². The van der Waals surface area contributed by atoms with Gasteiger partial charge in [0.1, 0.15) is 24.1 Å². The number of nitrogens with zero attached hydrogens (tertiary/aromatic N) is 6. The molecule has 5 heterocycles. The number of imidazole rings is 1. The molecule has 2 unspecified atom stereocenters. The van der Waals surface area contributed by atoms with Crippen LogP contribution in [0.4, 0.5) is 10.2 Å². The van der Waals surface area contributed by atoms with Crippen LogP contribution in [0.15, 0.2) is 54.6 Å². The molecule has 3 aliphatic heterocycles. The van der Waals surface area contributed by atoms with Crippen molar-refractivity contribution in [1.82, 2.24) is 19.4 Å². The van der Waals surface area contributed by atoms with Gasteiger partial charge in [-0.3, -0.25) is 4.90 Å². The predicted molar refractivity (Wildman–Crippen MR) is 155 cm³/mol. The van der Waals surface area contributed by atoms with E-state index in [1.165, 1.54) is 6.07 Å². The second-order valence-corrected chi connectivity index (χ2v) is 11.4. The van der Waals surface area contributed by atoms with Crippen LogP contribution in [-0.4, -0.2) is 68.4 Å². The van der Waals surface area contributed by atoms with Crippen LogP contribution in [-0.2, 0) is 24.4 Å². The molecule has 0 aliphatic carbocycles. The molecule has 0 spiro atoms. The number of anilines is 1. The third kappa shape index (κ3) is 5.40. The molecular formula is C32H31FN6O4. The first-order valence-electron chi connectivity index (χ1n) is 14.6. The van der Waals surface area contributed by atoms with Crippen LogP contribution >= 0.6 is 0 Å². The summed E-state index contributed by atoms with van der Waals surface area (Å²) in [6.45, 7) is 3.74. The number of aromatic nitrogens is 3. The second kappa shape index (κ2) is 11.3. The first-order chi connectivity index (χ1) is 20.9. The lowest BCUT2D eigenvalue weighted by Gasteiger charge is -2.41. The van der Waals surface area contributed by atoms with Gasteiger partial charge in [-0.15, -0.1) is 0 Å². The van der Waals surface area contributed by atoms with Gasteiger partial charge in [0.2, 0.25) is 5.88 Å². The number of ether oxygens (including phenoxy) is 2. The maximum Gasteiger partial charge on any atom is 0.335 e. The first-order valence-corrected chi connectivity index (χ1v) is 14.6. The summed E-state index contributed by atoms with van der Waals surface area (Å²) >= 11 is 0. The highest BCUT2D eigenvalue weighted by atomic mass is 19.1. The summed E-state index contributed by atoms with van der Waals surface area (Å²) < 4.78 is 28.0. The molecule has 10 nitrogen and oxygen atoms in total. The van der Waals surface area contributed by atoms with Crippen molar-refractivity contribution in [3.63, 3.8) is 0 Å². The number of hydrogen-bond donors (Lipinski definition) is 1. The average molecular weight is 583 g/mol. The van der Waals surface area contributed by atoms with Gasteiger partial charge in [0.15, 0.2) is 0 Å². The molecule has 3 fully saturated rings. The SMILES string of the molecule is N#Cc1ccc(COc2cccc(N3CC4CCC(C3)N4Cc3nc4ccc(C(=O)O)cc4n3C[C@H]3CCO3)n2)c(F)c1. The van der Waals surface area contributed by atoms with Crippen LogP contribution in [0.3, 0.4) is 0 Å². The van der Waals surface area contributed by atoms with Gasteiger partial charge in [0.25, 0.3) is 0 Å². The Bertz CT molecular complexity index is 1720. The largest absolute Gasteiger partial charge is 0.478 e. The number of hydrogen-bond acceptors (Lipinski definition) is 8. The number of carboxylic acid groups (broad SMARTS) is 1. The number of nitriles is 1. The summed E-state index contributed by atoms with van der Waals surface area (Å²) in [7, 11) is 0. The summed E-state index contributed by atoms with van der Waals surface area (Å²) in [6, 6.07) is 17.7. The third-order valence-corrected chi connectivity index (χ3v) is 8.80. The molecular weight excluding hydrogens is 551 g/mol. The number of halogens is 1. The van der Waals surface area contributed by atoms with E-state index in [-0.39, 0.29) is 23.8 Å². The molecule has 3 aliphatic rings. The van der Waals surface area contributed by atoms with Gasteiger partial charge < -0.3 is 24.0 Å². The Morgan fingerprint density at radius 3 is 2.60 bits per heavy atom. The lowest BCUT2D eigenvalue weighted by atomic mass is 10.1. The van der Waals surface area contributed by atoms with E-state index < -0.39 is 11.8 Å². The zero-order valence-electron chi connectivity index (χ0n) is 23.5. The van der Waals surface area contributed by atoms with Gasteiger partial charge in [-0.05, 0) is 55.7 Å². The molecule has 7 rings (SSSR count). The molecule has 2 aromatic heterocycles. The molecule has 2 bridgehead atoms. The zero-order chi connectivity index (χ0) is 29.5. The van der Waals surface area contributed by atoms with Gasteiger partial charge in [0, 0.05) is 43.4 Å². The van der Waals surface area contributed by atoms with Crippen LogP contribution in [0, 0.1) is 17.1 Å². The summed E-state index contributed by atoms with van der Waals surface area (Å²) in [6.07, 6.45) is 3.25. The Kier molecular flexibility index (Phi) is 7.16. The summed E-state index contributed by atoms with van der Waals surface area (Å²) in [4.78, 5) is 26.2. The van der Waals surface area contributed by atoms with Crippen LogP contribution in [0.5, 0.6) is 5.88 Å². The van der Waals surface area contributed by atoms with E-state index in [0.29, 0.717) is 36.6 Å². The standard InChI is InChI=1S/C32H31FN6O4/c33-26-12-20(14-34)4-5-22(26)19-43-31-3-1-2-29(36-31)37-15-23-7-8-24(16-37)38(23)18-30-35-27-9-6-21(32(40)41)13-28(27)39(30)17-25-10-11-42-25/h1-6,9,12-13,23-25H,7-8,10-11,15-19H2,(H,40,41)/t23?,24?,25-/m1/s1. The number of aromatic carboxylic acids is 1. The van der Waals surface area contributed by atoms with Crippen molar-refractivity contribution >= 4 is 22.8 Å².